The second-order valence-electron chi connectivity index (χ2n) is 0.513. The summed E-state index contributed by atoms with van der Waals surface area (Å²) in [4.78, 5) is 21.6. The van der Waals surface area contributed by atoms with E-state index in [9.17, 15) is 0 Å². The Morgan fingerprint density at radius 2 is 1.00 bits per heavy atom. The topological polar surface area (TPSA) is 77.8 Å². The summed E-state index contributed by atoms with van der Waals surface area (Å²) in [5.41, 5.74) is 0. The molecule has 0 amide bonds. The Hall–Kier alpha value is 1.37. The van der Waals surface area contributed by atoms with Gasteiger partial charge in [0.2, 0.25) is 0 Å². The van der Waals surface area contributed by atoms with Crippen LogP contribution >= 0.6 is 7.82 Å². The molecule has 0 aromatic heterocycles. The van der Waals surface area contributed by atoms with Crippen molar-refractivity contribution in [3.8, 4) is 0 Å². The monoisotopic (exact) mass is 168 g/mol. The van der Waals surface area contributed by atoms with E-state index in [1.165, 1.54) is 0 Å². The molecule has 0 aliphatic heterocycles. The zero-order valence-electron chi connectivity index (χ0n) is 4.90. The van der Waals surface area contributed by atoms with Crippen molar-refractivity contribution in [3.05, 3.63) is 14.9 Å². The molecule has 0 aliphatic rings. The molecule has 0 fully saturated rings. The van der Waals surface area contributed by atoms with Gasteiger partial charge >= 0.3 is 45.6 Å². The number of hydrogen-bond donors (Lipinski definition) is 3. The van der Waals surface area contributed by atoms with Crippen LogP contribution in [0.25, 0.3) is 0 Å². The molecule has 3 N–H and O–H groups in total. The second-order valence-corrected chi connectivity index (χ2v) is 1.54. The summed E-state index contributed by atoms with van der Waals surface area (Å²) >= 11 is 0. The minimum atomic E-state index is -4.64. The molecule has 48 valence electrons. The summed E-state index contributed by atoms with van der Waals surface area (Å²) in [6.07, 6.45) is 0. The molecule has 0 saturated heterocycles. The van der Waals surface area contributed by atoms with Crippen molar-refractivity contribution in [2.24, 2.45) is 0 Å². The molecule has 0 saturated carbocycles. The van der Waals surface area contributed by atoms with Crippen LogP contribution in [0.2, 0.25) is 0 Å². The van der Waals surface area contributed by atoms with E-state index in [-0.39, 0.29) is 52.6 Å². The van der Waals surface area contributed by atoms with Gasteiger partial charge < -0.3 is 29.5 Å². The minimum Gasteiger partial charge on any atom is -0.358 e. The Morgan fingerprint density at radius 3 is 1.00 bits per heavy atom. The van der Waals surface area contributed by atoms with Crippen molar-refractivity contribution in [1.82, 2.24) is 0 Å². The molecule has 0 atom stereocenters. The van der Waals surface area contributed by atoms with Gasteiger partial charge in [0.15, 0.2) is 0 Å². The van der Waals surface area contributed by atoms with Crippen LogP contribution in [0.15, 0.2) is 0 Å². The summed E-state index contributed by atoms with van der Waals surface area (Å²) in [5.74, 6) is 0. The molecule has 0 aliphatic carbocycles. The van der Waals surface area contributed by atoms with E-state index in [4.69, 9.17) is 19.2 Å². The molecule has 4 nitrogen and oxygen atoms in total. The summed E-state index contributed by atoms with van der Waals surface area (Å²) in [5, 5.41) is 0. The van der Waals surface area contributed by atoms with E-state index >= 15 is 0 Å². The van der Waals surface area contributed by atoms with Gasteiger partial charge in [0, 0.05) is 0 Å². The van der Waals surface area contributed by atoms with Crippen molar-refractivity contribution in [1.29, 1.82) is 0 Å². The zero-order valence-corrected chi connectivity index (χ0v) is 8.01. The molecule has 0 unspecified atom stereocenters. The third kappa shape index (κ3) is 159. The minimum absolute atomic E-state index is 0. The van der Waals surface area contributed by atoms with Crippen LogP contribution in [-0.4, -0.2) is 52.4 Å². The van der Waals surface area contributed by atoms with E-state index in [1.54, 1.807) is 0 Å². The molecule has 0 aromatic carbocycles. The third-order valence-electron chi connectivity index (χ3n) is 0. The van der Waals surface area contributed by atoms with Crippen LogP contribution in [0.4, 0.5) is 0 Å². The van der Waals surface area contributed by atoms with Gasteiger partial charge in [-0.1, -0.05) is 0 Å². The average Bonchev–Trinajstić information content (AvgIpc) is 0.722. The quantitative estimate of drug-likeness (QED) is 0.261. The van der Waals surface area contributed by atoms with Gasteiger partial charge in [-0.15, -0.1) is 0 Å². The van der Waals surface area contributed by atoms with Crippen LogP contribution in [0, 0.1) is 14.9 Å². The fourth-order valence-electron chi connectivity index (χ4n) is 0. The van der Waals surface area contributed by atoms with Crippen molar-refractivity contribution in [2.75, 3.05) is 0 Å². The maximum Gasteiger partial charge on any atom is 2.00 e. The van der Waals surface area contributed by atoms with Gasteiger partial charge in [0.25, 0.3) is 0 Å². The van der Waals surface area contributed by atoms with Gasteiger partial charge in [-0.2, -0.15) is 0 Å². The maximum absolute atomic E-state index is 8.88. The van der Waals surface area contributed by atoms with Crippen molar-refractivity contribution >= 4 is 45.6 Å². The Labute approximate surface area is 79.2 Å². The third-order valence-corrected chi connectivity index (χ3v) is 0. The maximum atomic E-state index is 8.88. The first-order chi connectivity index (χ1) is 2.00. The first-order valence-electron chi connectivity index (χ1n) is 0.783. The summed E-state index contributed by atoms with van der Waals surface area (Å²) < 4.78 is 8.88. The largest absolute Gasteiger partial charge is 2.00 e. The molecule has 0 bridgehead atoms. The average molecular weight is 168 g/mol. The number of rotatable bonds is 0. The van der Waals surface area contributed by atoms with Gasteiger partial charge in [-0.3, -0.25) is 0 Å². The summed E-state index contributed by atoms with van der Waals surface area (Å²) in [6, 6.07) is 0. The molecule has 0 radical (unpaired) electrons. The molecule has 8 heavy (non-hydrogen) atoms. The fraction of sp³-hybridized carbons (Fsp3) is 0. The fourth-order valence-corrected chi connectivity index (χ4v) is 0. The van der Waals surface area contributed by atoms with Crippen LogP contribution in [0.1, 0.15) is 0 Å². The van der Waals surface area contributed by atoms with E-state index in [2.05, 4.69) is 0 Å². The number of hydrogen-bond acceptors (Lipinski definition) is 1. The number of phosphoric acid groups is 1. The SMILES string of the molecule is O=P(O)(O)O.[CH3-].[CH3-].[Ca+2]. The first kappa shape index (κ1) is 22.8. The predicted octanol–water partition coefficient (Wildman–Crippen LogP) is -0.409. The van der Waals surface area contributed by atoms with E-state index < -0.39 is 7.82 Å². The van der Waals surface area contributed by atoms with Gasteiger partial charge in [0.05, 0.1) is 0 Å². The molecule has 0 aromatic rings. The summed E-state index contributed by atoms with van der Waals surface area (Å²) in [7, 11) is -4.64. The Kier molecular flexibility index (Phi) is 23.8. The van der Waals surface area contributed by atoms with Gasteiger partial charge in [0.1, 0.15) is 0 Å². The van der Waals surface area contributed by atoms with E-state index in [0.717, 1.165) is 0 Å². The molecule has 6 heteroatoms. The van der Waals surface area contributed by atoms with Gasteiger partial charge in [-0.05, 0) is 0 Å². The molecular weight excluding hydrogens is 159 g/mol. The van der Waals surface area contributed by atoms with Crippen molar-refractivity contribution in [3.63, 3.8) is 0 Å². The van der Waals surface area contributed by atoms with Crippen molar-refractivity contribution < 1.29 is 19.2 Å². The Balaban J connectivity index is -0.0000000267. The van der Waals surface area contributed by atoms with Crippen molar-refractivity contribution in [2.45, 2.75) is 0 Å². The molecular formula is C2H9CaO4P. The summed E-state index contributed by atoms with van der Waals surface area (Å²) in [6.45, 7) is 0. The van der Waals surface area contributed by atoms with Crippen LogP contribution in [0.3, 0.4) is 0 Å². The second kappa shape index (κ2) is 8.37. The zero-order chi connectivity index (χ0) is 4.50. The standard InChI is InChI=1S/2CH3.Ca.H3O4P/c;;;1-5(2,3)4/h2*1H3;;(H3,1,2,3,4)/q2*-1;+2;. The van der Waals surface area contributed by atoms with E-state index in [0.29, 0.717) is 0 Å². The van der Waals surface area contributed by atoms with Crippen LogP contribution in [0.5, 0.6) is 0 Å². The first-order valence-corrected chi connectivity index (χ1v) is 2.35. The Morgan fingerprint density at radius 1 is 1.00 bits per heavy atom. The van der Waals surface area contributed by atoms with Crippen LogP contribution in [-0.2, 0) is 4.57 Å². The normalized spacial score (nSPS) is 7.38. The molecule has 0 rings (SSSR count). The van der Waals surface area contributed by atoms with Gasteiger partial charge in [-0.25, -0.2) is 4.57 Å². The Bertz CT molecular complexity index is 60.2. The molecule has 0 spiro atoms. The smallest absolute Gasteiger partial charge is 0.358 e. The van der Waals surface area contributed by atoms with E-state index in [1.807, 2.05) is 0 Å². The molecule has 0 heterocycles. The van der Waals surface area contributed by atoms with Crippen LogP contribution < -0.4 is 0 Å². The predicted molar refractivity (Wildman–Crippen MR) is 32.8 cm³/mol.